The van der Waals surface area contributed by atoms with Gasteiger partial charge in [-0.15, -0.1) is 0 Å². The molecule has 0 aliphatic carbocycles. The van der Waals surface area contributed by atoms with Gasteiger partial charge in [-0.1, -0.05) is 0 Å². The van der Waals surface area contributed by atoms with Crippen molar-refractivity contribution in [1.29, 1.82) is 0 Å². The number of piperidine rings is 1. The average molecular weight is 383 g/mol. The molecule has 7 nitrogen and oxygen atoms in total. The highest BCUT2D eigenvalue weighted by molar-refractivity contribution is 5.77. The molecule has 1 aliphatic rings. The molecule has 0 radical (unpaired) electrons. The van der Waals surface area contributed by atoms with Crippen LogP contribution < -0.4 is 10.2 Å². The van der Waals surface area contributed by atoms with Gasteiger partial charge in [0.2, 0.25) is 5.91 Å². The Morgan fingerprint density at radius 2 is 1.89 bits per heavy atom. The zero-order valence-corrected chi connectivity index (χ0v) is 17.3. The molecule has 1 N–H and O–H groups in total. The van der Waals surface area contributed by atoms with Crippen molar-refractivity contribution in [2.45, 2.75) is 26.7 Å². The van der Waals surface area contributed by atoms with Gasteiger partial charge in [0.1, 0.15) is 5.82 Å². The van der Waals surface area contributed by atoms with E-state index in [1.54, 1.807) is 19.4 Å². The van der Waals surface area contributed by atoms with Crippen molar-refractivity contribution in [2.24, 2.45) is 5.92 Å². The molecule has 0 spiro atoms. The summed E-state index contributed by atoms with van der Waals surface area (Å²) in [5.41, 5.74) is 3.11. The second-order valence-corrected chi connectivity index (χ2v) is 7.59. The molecule has 28 heavy (non-hydrogen) atoms. The Hall–Kier alpha value is -2.54. The lowest BCUT2D eigenvalue weighted by Gasteiger charge is -2.34. The number of likely N-dealkylation sites (tertiary alicyclic amines) is 1. The van der Waals surface area contributed by atoms with Crippen molar-refractivity contribution < 1.29 is 4.79 Å². The fourth-order valence-corrected chi connectivity index (χ4v) is 3.70. The van der Waals surface area contributed by atoms with E-state index in [4.69, 9.17) is 4.98 Å². The molecule has 0 saturated carbocycles. The molecular weight excluding hydrogens is 352 g/mol. The molecule has 0 bridgehead atoms. The number of hydrogen-bond acceptors (Lipinski definition) is 6. The molecule has 2 aromatic heterocycles. The van der Waals surface area contributed by atoms with Gasteiger partial charge in [-0.3, -0.25) is 14.7 Å². The van der Waals surface area contributed by atoms with Crippen LogP contribution in [0.25, 0.3) is 11.4 Å². The van der Waals surface area contributed by atoms with E-state index in [0.717, 1.165) is 60.9 Å². The number of carbonyl (C=O) groups excluding carboxylic acids is 1. The molecule has 1 fully saturated rings. The molecule has 3 heterocycles. The maximum Gasteiger partial charge on any atom is 0.233 e. The first-order chi connectivity index (χ1) is 13.5. The normalized spacial score (nSPS) is 15.4. The number of carbonyl (C=O) groups is 1. The minimum Gasteiger partial charge on any atom is -0.359 e. The minimum atomic E-state index is 0.0892. The van der Waals surface area contributed by atoms with Crippen LogP contribution in [0.4, 0.5) is 5.82 Å². The van der Waals surface area contributed by atoms with Gasteiger partial charge in [-0.25, -0.2) is 9.97 Å². The number of rotatable bonds is 6. The Morgan fingerprint density at radius 3 is 2.54 bits per heavy atom. The quantitative estimate of drug-likeness (QED) is 0.824. The van der Waals surface area contributed by atoms with Crippen LogP contribution in [0.1, 0.15) is 24.1 Å². The molecule has 0 aromatic carbocycles. The predicted octanol–water partition coefficient (Wildman–Crippen LogP) is 2.05. The predicted molar refractivity (Wildman–Crippen MR) is 111 cm³/mol. The lowest BCUT2D eigenvalue weighted by Crippen LogP contribution is -2.42. The molecule has 7 heteroatoms. The first-order valence-electron chi connectivity index (χ1n) is 9.87. The third kappa shape index (κ3) is 4.84. The zero-order chi connectivity index (χ0) is 20.1. The number of likely N-dealkylation sites (N-methyl/N-ethyl adjacent to an activating group) is 1. The highest BCUT2D eigenvalue weighted by Crippen LogP contribution is 2.26. The van der Waals surface area contributed by atoms with Crippen LogP contribution in [0.2, 0.25) is 0 Å². The van der Waals surface area contributed by atoms with E-state index in [1.807, 2.05) is 19.1 Å². The number of amides is 1. The summed E-state index contributed by atoms with van der Waals surface area (Å²) in [6.45, 7) is 7.52. The van der Waals surface area contributed by atoms with Crippen LogP contribution in [0.15, 0.2) is 24.5 Å². The van der Waals surface area contributed by atoms with Crippen LogP contribution in [0, 0.1) is 19.8 Å². The fourth-order valence-electron chi connectivity index (χ4n) is 3.70. The number of nitrogens with zero attached hydrogens (tertiary/aromatic N) is 5. The van der Waals surface area contributed by atoms with Gasteiger partial charge >= 0.3 is 0 Å². The van der Waals surface area contributed by atoms with Crippen LogP contribution in [-0.2, 0) is 4.79 Å². The molecule has 1 amide bonds. The summed E-state index contributed by atoms with van der Waals surface area (Å²) in [6, 6.07) is 3.88. The van der Waals surface area contributed by atoms with E-state index in [2.05, 4.69) is 39.1 Å². The average Bonchev–Trinajstić information content (AvgIpc) is 2.71. The molecule has 0 atom stereocenters. The second-order valence-electron chi connectivity index (χ2n) is 7.59. The Balaban J connectivity index is 1.67. The van der Waals surface area contributed by atoms with E-state index < -0.39 is 0 Å². The number of pyridine rings is 1. The van der Waals surface area contributed by atoms with Crippen molar-refractivity contribution >= 4 is 11.7 Å². The molecule has 150 valence electrons. The van der Waals surface area contributed by atoms with Gasteiger partial charge in [-0.2, -0.15) is 0 Å². The van der Waals surface area contributed by atoms with Crippen LogP contribution in [0.3, 0.4) is 0 Å². The Morgan fingerprint density at radius 1 is 1.21 bits per heavy atom. The minimum absolute atomic E-state index is 0.0892. The topological polar surface area (TPSA) is 74.2 Å². The van der Waals surface area contributed by atoms with Crippen LogP contribution in [0.5, 0.6) is 0 Å². The summed E-state index contributed by atoms with van der Waals surface area (Å²) in [5.74, 6) is 2.43. The van der Waals surface area contributed by atoms with E-state index >= 15 is 0 Å². The van der Waals surface area contributed by atoms with Gasteiger partial charge in [0.05, 0.1) is 6.54 Å². The summed E-state index contributed by atoms with van der Waals surface area (Å²) in [4.78, 5) is 29.7. The van der Waals surface area contributed by atoms with Gasteiger partial charge < -0.3 is 10.2 Å². The largest absolute Gasteiger partial charge is 0.359 e. The number of aryl methyl sites for hydroxylation is 1. The van der Waals surface area contributed by atoms with Gasteiger partial charge in [-0.05, 0) is 57.8 Å². The van der Waals surface area contributed by atoms with Gasteiger partial charge in [0, 0.05) is 49.9 Å². The highest BCUT2D eigenvalue weighted by atomic mass is 16.1. The number of hydrogen-bond donors (Lipinski definition) is 1. The monoisotopic (exact) mass is 382 g/mol. The smallest absolute Gasteiger partial charge is 0.233 e. The number of nitrogens with one attached hydrogen (secondary N) is 1. The lowest BCUT2D eigenvalue weighted by atomic mass is 9.96. The van der Waals surface area contributed by atoms with E-state index in [1.165, 1.54) is 0 Å². The van der Waals surface area contributed by atoms with E-state index in [-0.39, 0.29) is 5.91 Å². The summed E-state index contributed by atoms with van der Waals surface area (Å²) >= 11 is 0. The maximum atomic E-state index is 11.6. The van der Waals surface area contributed by atoms with Crippen molar-refractivity contribution in [2.75, 3.05) is 45.2 Å². The summed E-state index contributed by atoms with van der Waals surface area (Å²) < 4.78 is 0. The first kappa shape index (κ1) is 20.2. The van der Waals surface area contributed by atoms with Gasteiger partial charge in [0.25, 0.3) is 0 Å². The first-order valence-corrected chi connectivity index (χ1v) is 9.87. The standard InChI is InChI=1S/C21H30N6O/c1-15-16(2)24-20(18-5-9-23-10-6-18)25-21(15)26(4)13-17-7-11-27(12-8-17)14-19(28)22-3/h5-6,9-10,17H,7-8,11-14H2,1-4H3,(H,22,28). The highest BCUT2D eigenvalue weighted by Gasteiger charge is 2.23. The third-order valence-electron chi connectivity index (χ3n) is 5.55. The number of aromatic nitrogens is 3. The molecule has 3 rings (SSSR count). The molecular formula is C21H30N6O. The Bertz CT molecular complexity index is 802. The second kappa shape index (κ2) is 9.10. The SMILES string of the molecule is CNC(=O)CN1CCC(CN(C)c2nc(-c3ccncc3)nc(C)c2C)CC1. The molecule has 1 saturated heterocycles. The van der Waals surface area contributed by atoms with E-state index in [9.17, 15) is 4.79 Å². The fraction of sp³-hybridized carbons (Fsp3) is 0.524. The summed E-state index contributed by atoms with van der Waals surface area (Å²) in [6.07, 6.45) is 5.73. The molecule has 0 unspecified atom stereocenters. The summed E-state index contributed by atoms with van der Waals surface area (Å²) in [7, 11) is 3.80. The molecule has 2 aromatic rings. The molecule has 1 aliphatic heterocycles. The van der Waals surface area contributed by atoms with Crippen LogP contribution in [-0.4, -0.2) is 66.0 Å². The Kier molecular flexibility index (Phi) is 6.57. The third-order valence-corrected chi connectivity index (χ3v) is 5.55. The van der Waals surface area contributed by atoms with Crippen LogP contribution >= 0.6 is 0 Å². The zero-order valence-electron chi connectivity index (χ0n) is 17.3. The number of anilines is 1. The van der Waals surface area contributed by atoms with Crippen molar-refractivity contribution in [3.8, 4) is 11.4 Å². The van der Waals surface area contributed by atoms with Crippen molar-refractivity contribution in [1.82, 2.24) is 25.2 Å². The maximum absolute atomic E-state index is 11.6. The van der Waals surface area contributed by atoms with Crippen molar-refractivity contribution in [3.05, 3.63) is 35.8 Å². The Labute approximate surface area is 167 Å². The van der Waals surface area contributed by atoms with Crippen molar-refractivity contribution in [3.63, 3.8) is 0 Å². The van der Waals surface area contributed by atoms with Gasteiger partial charge in [0.15, 0.2) is 5.82 Å². The summed E-state index contributed by atoms with van der Waals surface area (Å²) in [5, 5.41) is 2.70. The lowest BCUT2D eigenvalue weighted by molar-refractivity contribution is -0.122. The van der Waals surface area contributed by atoms with E-state index in [0.29, 0.717) is 12.5 Å².